The van der Waals surface area contributed by atoms with Crippen LogP contribution in [0.3, 0.4) is 0 Å². The van der Waals surface area contributed by atoms with Crippen molar-refractivity contribution in [1.82, 2.24) is 0 Å². The summed E-state index contributed by atoms with van der Waals surface area (Å²) in [5.74, 6) is 1.86. The Hall–Kier alpha value is -2.16. The Balaban J connectivity index is 1.56. The molecule has 0 aliphatic carbocycles. The van der Waals surface area contributed by atoms with Crippen LogP contribution >= 0.6 is 0 Å². The van der Waals surface area contributed by atoms with Gasteiger partial charge in [-0.1, -0.05) is 37.3 Å². The van der Waals surface area contributed by atoms with Crippen molar-refractivity contribution in [2.24, 2.45) is 5.92 Å². The standard InChI is InChI=1S/C24H32N2O/c1-20-12-16-26(17-13-20)23-18-22(25-14-6-3-7-15-25)10-11-24(23)27-19-21-8-4-2-5-9-21/h2,4-5,8-11,18,20H,3,6-7,12-17,19H2,1H3. The zero-order valence-electron chi connectivity index (χ0n) is 16.6. The molecule has 0 bridgehead atoms. The summed E-state index contributed by atoms with van der Waals surface area (Å²) in [6, 6.07) is 17.3. The number of hydrogen-bond donors (Lipinski definition) is 0. The molecule has 0 atom stereocenters. The fraction of sp³-hybridized carbons (Fsp3) is 0.500. The van der Waals surface area contributed by atoms with Crippen molar-refractivity contribution in [3.63, 3.8) is 0 Å². The lowest BCUT2D eigenvalue weighted by molar-refractivity contribution is 0.305. The lowest BCUT2D eigenvalue weighted by Gasteiger charge is -2.35. The molecule has 3 nitrogen and oxygen atoms in total. The van der Waals surface area contributed by atoms with Gasteiger partial charge in [0, 0.05) is 31.9 Å². The molecule has 4 rings (SSSR count). The number of rotatable bonds is 5. The van der Waals surface area contributed by atoms with Crippen molar-refractivity contribution < 1.29 is 4.74 Å². The predicted molar refractivity (Wildman–Crippen MR) is 114 cm³/mol. The fourth-order valence-electron chi connectivity index (χ4n) is 4.21. The molecule has 2 aromatic carbocycles. The first kappa shape index (κ1) is 18.2. The first-order valence-electron chi connectivity index (χ1n) is 10.6. The van der Waals surface area contributed by atoms with Gasteiger partial charge in [-0.15, -0.1) is 0 Å². The van der Waals surface area contributed by atoms with E-state index in [0.717, 1.165) is 24.8 Å². The SMILES string of the molecule is CC1CCN(c2cc(N3CCCCC3)ccc2OCc2ccccc2)CC1. The molecule has 2 heterocycles. The van der Waals surface area contributed by atoms with Crippen molar-refractivity contribution in [3.05, 3.63) is 54.1 Å². The third-order valence-electron chi connectivity index (χ3n) is 6.03. The number of nitrogens with zero attached hydrogens (tertiary/aromatic N) is 2. The molecule has 0 spiro atoms. The minimum atomic E-state index is 0.626. The van der Waals surface area contributed by atoms with E-state index < -0.39 is 0 Å². The average Bonchev–Trinajstić information content (AvgIpc) is 2.74. The first-order valence-corrected chi connectivity index (χ1v) is 10.6. The highest BCUT2D eigenvalue weighted by Crippen LogP contribution is 2.36. The summed E-state index contributed by atoms with van der Waals surface area (Å²) in [5, 5.41) is 0. The van der Waals surface area contributed by atoms with Gasteiger partial charge in [-0.2, -0.15) is 0 Å². The van der Waals surface area contributed by atoms with E-state index in [1.807, 2.05) is 0 Å². The molecule has 144 valence electrons. The van der Waals surface area contributed by atoms with Gasteiger partial charge < -0.3 is 14.5 Å². The Bertz CT molecular complexity index is 716. The Morgan fingerprint density at radius 3 is 2.33 bits per heavy atom. The van der Waals surface area contributed by atoms with Gasteiger partial charge in [0.25, 0.3) is 0 Å². The van der Waals surface area contributed by atoms with E-state index in [0.29, 0.717) is 6.61 Å². The number of benzene rings is 2. The van der Waals surface area contributed by atoms with E-state index in [9.17, 15) is 0 Å². The van der Waals surface area contributed by atoms with E-state index in [1.54, 1.807) is 0 Å². The summed E-state index contributed by atoms with van der Waals surface area (Å²) in [6.07, 6.45) is 6.52. The maximum absolute atomic E-state index is 6.29. The van der Waals surface area contributed by atoms with Crippen LogP contribution in [0.15, 0.2) is 48.5 Å². The molecule has 2 aliphatic rings. The maximum atomic E-state index is 6.29. The number of piperidine rings is 2. The molecule has 2 aliphatic heterocycles. The van der Waals surface area contributed by atoms with Gasteiger partial charge in [0.1, 0.15) is 12.4 Å². The van der Waals surface area contributed by atoms with E-state index >= 15 is 0 Å². The number of anilines is 2. The quantitative estimate of drug-likeness (QED) is 0.697. The molecule has 0 unspecified atom stereocenters. The molecular weight excluding hydrogens is 332 g/mol. The van der Waals surface area contributed by atoms with Crippen LogP contribution in [0, 0.1) is 5.92 Å². The summed E-state index contributed by atoms with van der Waals surface area (Å²) in [4.78, 5) is 5.08. The second-order valence-corrected chi connectivity index (χ2v) is 8.14. The van der Waals surface area contributed by atoms with Crippen LogP contribution in [0.1, 0.15) is 44.6 Å². The van der Waals surface area contributed by atoms with Crippen LogP contribution in [-0.2, 0) is 6.61 Å². The second-order valence-electron chi connectivity index (χ2n) is 8.14. The molecule has 0 saturated carbocycles. The summed E-state index contributed by atoms with van der Waals surface area (Å²) < 4.78 is 6.29. The fourth-order valence-corrected chi connectivity index (χ4v) is 4.21. The molecule has 0 aromatic heterocycles. The van der Waals surface area contributed by atoms with Crippen LogP contribution < -0.4 is 14.5 Å². The van der Waals surface area contributed by atoms with Crippen LogP contribution in [0.5, 0.6) is 5.75 Å². The van der Waals surface area contributed by atoms with Gasteiger partial charge >= 0.3 is 0 Å². The highest BCUT2D eigenvalue weighted by atomic mass is 16.5. The number of ether oxygens (including phenoxy) is 1. The van der Waals surface area contributed by atoms with Gasteiger partial charge in [0.2, 0.25) is 0 Å². The summed E-state index contributed by atoms with van der Waals surface area (Å²) in [7, 11) is 0. The van der Waals surface area contributed by atoms with Gasteiger partial charge in [-0.25, -0.2) is 0 Å². The molecule has 0 amide bonds. The van der Waals surface area contributed by atoms with Crippen molar-refractivity contribution in [1.29, 1.82) is 0 Å². The van der Waals surface area contributed by atoms with Crippen molar-refractivity contribution in [2.75, 3.05) is 36.0 Å². The average molecular weight is 365 g/mol. The molecular formula is C24H32N2O. The molecule has 0 radical (unpaired) electrons. The first-order chi connectivity index (χ1) is 13.3. The summed E-state index contributed by atoms with van der Waals surface area (Å²) in [5.41, 5.74) is 3.85. The van der Waals surface area contributed by atoms with E-state index in [4.69, 9.17) is 4.74 Å². The molecule has 27 heavy (non-hydrogen) atoms. The van der Waals surface area contributed by atoms with Crippen molar-refractivity contribution in [2.45, 2.75) is 45.6 Å². The van der Waals surface area contributed by atoms with Crippen LogP contribution in [-0.4, -0.2) is 26.2 Å². The topological polar surface area (TPSA) is 15.7 Å². The van der Waals surface area contributed by atoms with Gasteiger partial charge in [0.05, 0.1) is 5.69 Å². The Kier molecular flexibility index (Phi) is 5.86. The Labute approximate surface area is 163 Å². The lowest BCUT2D eigenvalue weighted by atomic mass is 9.98. The molecule has 3 heteroatoms. The van der Waals surface area contributed by atoms with Gasteiger partial charge in [0.15, 0.2) is 0 Å². The highest BCUT2D eigenvalue weighted by Gasteiger charge is 2.21. The second kappa shape index (κ2) is 8.69. The zero-order valence-corrected chi connectivity index (χ0v) is 16.6. The van der Waals surface area contributed by atoms with Gasteiger partial charge in [-0.3, -0.25) is 0 Å². The van der Waals surface area contributed by atoms with Crippen LogP contribution in [0.2, 0.25) is 0 Å². The zero-order chi connectivity index (χ0) is 18.5. The highest BCUT2D eigenvalue weighted by molar-refractivity contribution is 5.67. The monoisotopic (exact) mass is 364 g/mol. The lowest BCUT2D eigenvalue weighted by Crippen LogP contribution is -2.34. The molecule has 2 saturated heterocycles. The smallest absolute Gasteiger partial charge is 0.143 e. The van der Waals surface area contributed by atoms with E-state index in [-0.39, 0.29) is 0 Å². The third kappa shape index (κ3) is 4.58. The third-order valence-corrected chi connectivity index (χ3v) is 6.03. The molecule has 0 N–H and O–H groups in total. The Morgan fingerprint density at radius 2 is 1.59 bits per heavy atom. The maximum Gasteiger partial charge on any atom is 0.143 e. The van der Waals surface area contributed by atoms with E-state index in [2.05, 4.69) is 65.3 Å². The summed E-state index contributed by atoms with van der Waals surface area (Å²) >= 11 is 0. The number of hydrogen-bond acceptors (Lipinski definition) is 3. The molecule has 2 aromatic rings. The van der Waals surface area contributed by atoms with Crippen LogP contribution in [0.4, 0.5) is 11.4 Å². The minimum absolute atomic E-state index is 0.626. The normalized spacial score (nSPS) is 18.6. The predicted octanol–water partition coefficient (Wildman–Crippen LogP) is 5.49. The van der Waals surface area contributed by atoms with Crippen LogP contribution in [0.25, 0.3) is 0 Å². The Morgan fingerprint density at radius 1 is 0.852 bits per heavy atom. The largest absolute Gasteiger partial charge is 0.487 e. The summed E-state index contributed by atoms with van der Waals surface area (Å²) in [6.45, 7) is 7.62. The van der Waals surface area contributed by atoms with Crippen molar-refractivity contribution >= 4 is 11.4 Å². The molecule has 2 fully saturated rings. The minimum Gasteiger partial charge on any atom is -0.487 e. The van der Waals surface area contributed by atoms with Crippen molar-refractivity contribution in [3.8, 4) is 5.75 Å². The van der Waals surface area contributed by atoms with E-state index in [1.165, 1.54) is 62.1 Å². The van der Waals surface area contributed by atoms with Gasteiger partial charge in [-0.05, 0) is 61.8 Å².